The van der Waals surface area contributed by atoms with Gasteiger partial charge in [0.25, 0.3) is 0 Å². The maximum atomic E-state index is 2.41. The van der Waals surface area contributed by atoms with Gasteiger partial charge in [0.15, 0.2) is 0 Å². The van der Waals surface area contributed by atoms with Crippen LogP contribution in [-0.2, 0) is 0 Å². The van der Waals surface area contributed by atoms with Crippen LogP contribution in [0.5, 0.6) is 0 Å². The third kappa shape index (κ3) is 7.21. The van der Waals surface area contributed by atoms with Gasteiger partial charge >= 0.3 is 0 Å². The lowest BCUT2D eigenvalue weighted by Crippen LogP contribution is -2.09. The first-order valence-electron chi connectivity index (χ1n) is 22.7. The highest BCUT2D eigenvalue weighted by Gasteiger charge is 2.18. The highest BCUT2D eigenvalue weighted by Crippen LogP contribution is 2.41. The van der Waals surface area contributed by atoms with E-state index in [-0.39, 0.29) is 0 Å². The topological polar surface area (TPSA) is 8.17 Å². The largest absolute Gasteiger partial charge is 0.311 e. The number of aromatic nitrogens is 1. The average molecular weight is 841 g/mol. The van der Waals surface area contributed by atoms with Crippen LogP contribution >= 0.6 is 0 Å². The van der Waals surface area contributed by atoms with Crippen molar-refractivity contribution in [2.24, 2.45) is 0 Å². The van der Waals surface area contributed by atoms with E-state index in [1.807, 2.05) is 0 Å². The molecule has 0 unspecified atom stereocenters. The quantitative estimate of drug-likeness (QED) is 0.141. The number of para-hydroxylation sites is 3. The Morgan fingerprint density at radius 1 is 0.242 bits per heavy atom. The monoisotopic (exact) mass is 840 g/mol. The minimum atomic E-state index is 1.08. The first kappa shape index (κ1) is 38.9. The van der Waals surface area contributed by atoms with E-state index in [0.717, 1.165) is 28.3 Å². The molecule has 2 nitrogen and oxygen atoms in total. The zero-order valence-corrected chi connectivity index (χ0v) is 36.3. The first-order valence-corrected chi connectivity index (χ1v) is 22.7. The van der Waals surface area contributed by atoms with Crippen molar-refractivity contribution in [2.45, 2.75) is 0 Å². The molecule has 0 aliphatic rings. The van der Waals surface area contributed by atoms with Crippen molar-refractivity contribution in [1.29, 1.82) is 0 Å². The molecule has 0 aliphatic carbocycles. The van der Waals surface area contributed by atoms with Gasteiger partial charge in [0.05, 0.1) is 16.7 Å². The van der Waals surface area contributed by atoms with Crippen LogP contribution in [0.2, 0.25) is 0 Å². The van der Waals surface area contributed by atoms with E-state index in [4.69, 9.17) is 0 Å². The van der Waals surface area contributed by atoms with Gasteiger partial charge in [0.1, 0.15) is 0 Å². The highest BCUT2D eigenvalue weighted by molar-refractivity contribution is 6.09. The summed E-state index contributed by atoms with van der Waals surface area (Å²) in [6.07, 6.45) is 0. The van der Waals surface area contributed by atoms with E-state index < -0.39 is 0 Å². The number of nitrogens with zero attached hydrogens (tertiary/aromatic N) is 2. The molecule has 0 spiro atoms. The molecule has 0 fully saturated rings. The van der Waals surface area contributed by atoms with Gasteiger partial charge in [-0.25, -0.2) is 0 Å². The van der Waals surface area contributed by atoms with Crippen LogP contribution in [0.25, 0.3) is 93.9 Å². The van der Waals surface area contributed by atoms with Gasteiger partial charge in [-0.15, -0.1) is 0 Å². The normalized spacial score (nSPS) is 11.3. The van der Waals surface area contributed by atoms with Crippen LogP contribution in [0.1, 0.15) is 0 Å². The number of fused-ring (bicyclic) bond motifs is 4. The second-order valence-electron chi connectivity index (χ2n) is 16.9. The van der Waals surface area contributed by atoms with E-state index in [1.54, 1.807) is 0 Å². The standard InChI is InChI=1S/C64H44N2/c1-2-13-45(14-3-1)47-25-27-48(28-26-47)49-31-37-56(38-32-49)65(57-39-33-50(34-40-57)53-17-12-18-54(43-53)55-30-29-46-15-4-5-16-52(46)44-55)58-41-35-51(36-42-58)59-19-6-9-22-62(59)66-63-23-10-7-20-60(63)61-21-8-11-24-64(61)66/h1-44H. The number of benzene rings is 11. The average Bonchev–Trinajstić information content (AvgIpc) is 3.74. The van der Waals surface area contributed by atoms with Crippen LogP contribution in [0.15, 0.2) is 267 Å². The lowest BCUT2D eigenvalue weighted by molar-refractivity contribution is 1.18. The SMILES string of the molecule is c1ccc(-c2ccc(-c3ccc(N(c4ccc(-c5cccc(-c6ccc7ccccc7c6)c5)cc4)c4ccc(-c5ccccc5-n5c6ccccc6c6ccccc65)cc4)cc3)cc2)cc1. The molecule has 0 atom stereocenters. The molecule has 11 aromatic carbocycles. The van der Waals surface area contributed by atoms with Crippen LogP contribution in [0, 0.1) is 0 Å². The minimum Gasteiger partial charge on any atom is -0.311 e. The van der Waals surface area contributed by atoms with Gasteiger partial charge in [0, 0.05) is 33.4 Å². The summed E-state index contributed by atoms with van der Waals surface area (Å²) in [5.41, 5.74) is 18.7. The smallest absolute Gasteiger partial charge is 0.0541 e. The van der Waals surface area contributed by atoms with Crippen LogP contribution in [-0.4, -0.2) is 4.57 Å². The van der Waals surface area contributed by atoms with Gasteiger partial charge in [0.2, 0.25) is 0 Å². The Hall–Kier alpha value is -8.72. The molecule has 310 valence electrons. The van der Waals surface area contributed by atoms with Crippen LogP contribution in [0.4, 0.5) is 17.1 Å². The Labute approximate surface area is 385 Å². The molecule has 66 heavy (non-hydrogen) atoms. The van der Waals surface area contributed by atoms with E-state index >= 15 is 0 Å². The molecule has 0 amide bonds. The molecule has 0 radical (unpaired) electrons. The predicted octanol–water partition coefficient (Wildman–Crippen LogP) is 17.7. The number of rotatable bonds is 9. The molecular weight excluding hydrogens is 797 g/mol. The van der Waals surface area contributed by atoms with Crippen molar-refractivity contribution in [2.75, 3.05) is 4.90 Å². The lowest BCUT2D eigenvalue weighted by Gasteiger charge is -2.26. The molecule has 0 aliphatic heterocycles. The minimum absolute atomic E-state index is 1.08. The highest BCUT2D eigenvalue weighted by atomic mass is 15.1. The Morgan fingerprint density at radius 2 is 0.636 bits per heavy atom. The lowest BCUT2D eigenvalue weighted by atomic mass is 9.97. The summed E-state index contributed by atoms with van der Waals surface area (Å²) in [4.78, 5) is 2.36. The van der Waals surface area contributed by atoms with E-state index in [2.05, 4.69) is 276 Å². The fourth-order valence-corrected chi connectivity index (χ4v) is 9.67. The summed E-state index contributed by atoms with van der Waals surface area (Å²) in [7, 11) is 0. The second-order valence-corrected chi connectivity index (χ2v) is 16.9. The summed E-state index contributed by atoms with van der Waals surface area (Å²) < 4.78 is 2.41. The van der Waals surface area contributed by atoms with Crippen LogP contribution < -0.4 is 4.90 Å². The molecule has 0 saturated heterocycles. The van der Waals surface area contributed by atoms with E-state index in [0.29, 0.717) is 0 Å². The Bertz CT molecular complexity index is 3610. The maximum absolute atomic E-state index is 2.41. The molecule has 1 aromatic heterocycles. The van der Waals surface area contributed by atoms with Crippen molar-refractivity contribution >= 4 is 49.6 Å². The zero-order chi connectivity index (χ0) is 43.8. The summed E-state index contributed by atoms with van der Waals surface area (Å²) in [5, 5.41) is 5.02. The summed E-state index contributed by atoms with van der Waals surface area (Å²) in [6, 6.07) is 96.8. The van der Waals surface area contributed by atoms with Crippen LogP contribution in [0.3, 0.4) is 0 Å². The van der Waals surface area contributed by atoms with Gasteiger partial charge in [-0.2, -0.15) is 0 Å². The molecular formula is C64H44N2. The summed E-state index contributed by atoms with van der Waals surface area (Å²) in [6.45, 7) is 0. The van der Waals surface area contributed by atoms with Crippen molar-refractivity contribution in [3.05, 3.63) is 267 Å². The predicted molar refractivity (Wildman–Crippen MR) is 280 cm³/mol. The molecule has 1 heterocycles. The summed E-state index contributed by atoms with van der Waals surface area (Å²) in [5.74, 6) is 0. The molecule has 0 N–H and O–H groups in total. The van der Waals surface area contributed by atoms with Gasteiger partial charge < -0.3 is 9.47 Å². The van der Waals surface area contributed by atoms with Crippen molar-refractivity contribution in [3.63, 3.8) is 0 Å². The van der Waals surface area contributed by atoms with Crippen molar-refractivity contribution in [3.8, 4) is 61.3 Å². The van der Waals surface area contributed by atoms with Gasteiger partial charge in [-0.05, 0) is 128 Å². The van der Waals surface area contributed by atoms with Crippen molar-refractivity contribution in [1.82, 2.24) is 4.57 Å². The number of anilines is 3. The Balaban J connectivity index is 0.906. The number of hydrogen-bond acceptors (Lipinski definition) is 1. The third-order valence-electron chi connectivity index (χ3n) is 13.0. The molecule has 0 bridgehead atoms. The molecule has 0 saturated carbocycles. The Morgan fingerprint density at radius 3 is 1.24 bits per heavy atom. The molecule has 2 heteroatoms. The van der Waals surface area contributed by atoms with Crippen molar-refractivity contribution < 1.29 is 0 Å². The second kappa shape index (κ2) is 16.8. The fourth-order valence-electron chi connectivity index (χ4n) is 9.67. The Kier molecular flexibility index (Phi) is 9.89. The molecule has 12 aromatic rings. The first-order chi connectivity index (χ1) is 32.7. The number of hydrogen-bond donors (Lipinski definition) is 0. The van der Waals surface area contributed by atoms with E-state index in [9.17, 15) is 0 Å². The van der Waals surface area contributed by atoms with Gasteiger partial charge in [-0.3, -0.25) is 0 Å². The third-order valence-corrected chi connectivity index (χ3v) is 13.0. The molecule has 12 rings (SSSR count). The summed E-state index contributed by atoms with van der Waals surface area (Å²) >= 11 is 0. The maximum Gasteiger partial charge on any atom is 0.0541 e. The fraction of sp³-hybridized carbons (Fsp3) is 0. The van der Waals surface area contributed by atoms with E-state index in [1.165, 1.54) is 82.6 Å². The van der Waals surface area contributed by atoms with Gasteiger partial charge in [-0.1, -0.05) is 200 Å². The zero-order valence-electron chi connectivity index (χ0n) is 36.3.